The van der Waals surface area contributed by atoms with E-state index in [0.717, 1.165) is 38.5 Å². The first kappa shape index (κ1) is 40.4. The maximum Gasteiger partial charge on any atom is 0.344 e. The molecule has 2 aliphatic heterocycles. The summed E-state index contributed by atoms with van der Waals surface area (Å²) in [6.45, 7) is 4.05. The molecule has 2 aromatic carbocycles. The summed E-state index contributed by atoms with van der Waals surface area (Å²) in [6.07, 6.45) is 5.33. The molecule has 2 aliphatic rings. The highest BCUT2D eigenvalue weighted by Crippen LogP contribution is 2.55. The van der Waals surface area contributed by atoms with E-state index in [0.29, 0.717) is 0 Å². The Kier molecular flexibility index (Phi) is 13.9. The molecular weight excluding hydrogens is 672 g/mol. The number of carboxylic acids is 3. The molecule has 4 rings (SSSR count). The highest BCUT2D eigenvalue weighted by atomic mass is 16.8. The maximum absolute atomic E-state index is 13.1. The summed E-state index contributed by atoms with van der Waals surface area (Å²) in [5.74, 6) is -9.55. The molecule has 8 unspecified atom stereocenters. The van der Waals surface area contributed by atoms with Crippen LogP contribution in [-0.4, -0.2) is 84.7 Å². The molecule has 2 saturated heterocycles. The van der Waals surface area contributed by atoms with Crippen LogP contribution < -0.4 is 0 Å². The number of rotatable bonds is 20. The molecule has 5 N–H and O–H groups in total. The number of carboxylic acid groups (broad SMARTS) is 3. The third-order valence-electron chi connectivity index (χ3n) is 9.90. The molecule has 0 aromatic heterocycles. The van der Waals surface area contributed by atoms with E-state index in [2.05, 4.69) is 24.3 Å². The van der Waals surface area contributed by atoms with E-state index in [1.54, 1.807) is 12.2 Å². The summed E-state index contributed by atoms with van der Waals surface area (Å²) in [6, 6.07) is 20.1. The summed E-state index contributed by atoms with van der Waals surface area (Å²) in [4.78, 5) is 50.8. The minimum Gasteiger partial charge on any atom is -0.479 e. The van der Waals surface area contributed by atoms with E-state index in [9.17, 15) is 44.7 Å². The van der Waals surface area contributed by atoms with Crippen molar-refractivity contribution in [2.75, 3.05) is 0 Å². The molecule has 2 fully saturated rings. The number of aliphatic hydroxyl groups is 2. The van der Waals surface area contributed by atoms with Gasteiger partial charge in [0.25, 0.3) is 0 Å². The van der Waals surface area contributed by atoms with Gasteiger partial charge in [0.1, 0.15) is 6.10 Å². The highest BCUT2D eigenvalue weighted by Gasteiger charge is 2.85. The van der Waals surface area contributed by atoms with Crippen molar-refractivity contribution in [2.45, 2.75) is 113 Å². The van der Waals surface area contributed by atoms with Gasteiger partial charge in [-0.25, -0.2) is 14.4 Å². The molecule has 0 amide bonds. The fourth-order valence-electron chi connectivity index (χ4n) is 7.03. The van der Waals surface area contributed by atoms with Gasteiger partial charge in [0.15, 0.2) is 6.10 Å². The fraction of sp³-hybridized carbons (Fsp3) is 0.500. The molecule has 0 radical (unpaired) electrons. The van der Waals surface area contributed by atoms with Crippen molar-refractivity contribution in [1.82, 2.24) is 0 Å². The van der Waals surface area contributed by atoms with E-state index in [1.807, 2.05) is 62.4 Å². The quantitative estimate of drug-likeness (QED) is 0.0897. The van der Waals surface area contributed by atoms with Crippen molar-refractivity contribution in [3.05, 3.63) is 96.1 Å². The first-order chi connectivity index (χ1) is 24.8. The van der Waals surface area contributed by atoms with Crippen LogP contribution in [0.2, 0.25) is 0 Å². The van der Waals surface area contributed by atoms with Crippen molar-refractivity contribution in [3.63, 3.8) is 0 Å². The normalized spacial score (nSPS) is 28.1. The average molecular weight is 723 g/mol. The summed E-state index contributed by atoms with van der Waals surface area (Å²) >= 11 is 0. The molecule has 2 bridgehead atoms. The van der Waals surface area contributed by atoms with Gasteiger partial charge >= 0.3 is 23.9 Å². The lowest BCUT2D eigenvalue weighted by atomic mass is 9.74. The number of carbonyl (C=O) groups is 4. The van der Waals surface area contributed by atoms with Gasteiger partial charge < -0.3 is 39.7 Å². The molecule has 282 valence electrons. The third-order valence-corrected chi connectivity index (χ3v) is 9.90. The minimum atomic E-state index is -3.80. The first-order valence-corrected chi connectivity index (χ1v) is 17.9. The van der Waals surface area contributed by atoms with Gasteiger partial charge in [-0.15, -0.1) is 0 Å². The zero-order valence-corrected chi connectivity index (χ0v) is 29.6. The zero-order chi connectivity index (χ0) is 37.9. The van der Waals surface area contributed by atoms with E-state index in [-0.39, 0.29) is 37.5 Å². The van der Waals surface area contributed by atoms with Gasteiger partial charge in [-0.3, -0.25) is 4.79 Å². The van der Waals surface area contributed by atoms with Gasteiger partial charge in [-0.05, 0) is 74.3 Å². The second-order valence-corrected chi connectivity index (χ2v) is 13.9. The largest absolute Gasteiger partial charge is 0.479 e. The Hall–Kier alpha value is -4.36. The Labute approximate surface area is 303 Å². The molecule has 0 saturated carbocycles. The van der Waals surface area contributed by atoms with Crippen molar-refractivity contribution in [2.24, 2.45) is 11.8 Å². The van der Waals surface area contributed by atoms with Crippen molar-refractivity contribution < 1.29 is 58.9 Å². The molecule has 12 heteroatoms. The van der Waals surface area contributed by atoms with Crippen LogP contribution in [0.25, 0.3) is 0 Å². The van der Waals surface area contributed by atoms with E-state index in [1.165, 1.54) is 11.1 Å². The predicted octanol–water partition coefficient (Wildman–Crippen LogP) is 5.10. The van der Waals surface area contributed by atoms with Crippen LogP contribution >= 0.6 is 0 Å². The Morgan fingerprint density at radius 1 is 0.808 bits per heavy atom. The van der Waals surface area contributed by atoms with Crippen LogP contribution in [0.4, 0.5) is 0 Å². The van der Waals surface area contributed by atoms with Crippen LogP contribution in [0.1, 0.15) is 76.3 Å². The monoisotopic (exact) mass is 722 g/mol. The molecule has 2 heterocycles. The Morgan fingerprint density at radius 3 is 1.81 bits per heavy atom. The zero-order valence-electron chi connectivity index (χ0n) is 29.6. The van der Waals surface area contributed by atoms with Gasteiger partial charge in [0, 0.05) is 12.8 Å². The van der Waals surface area contributed by atoms with Crippen LogP contribution in [0.15, 0.2) is 85.0 Å². The number of hydrogen-bond acceptors (Lipinski definition) is 9. The summed E-state index contributed by atoms with van der Waals surface area (Å²) in [5, 5.41) is 53.3. The van der Waals surface area contributed by atoms with Crippen LogP contribution in [0.5, 0.6) is 0 Å². The lowest BCUT2D eigenvalue weighted by Gasteiger charge is -2.48. The lowest BCUT2D eigenvalue weighted by Crippen LogP contribution is -2.78. The van der Waals surface area contributed by atoms with Crippen molar-refractivity contribution in [1.29, 1.82) is 0 Å². The number of aliphatic hydroxyl groups excluding tert-OH is 1. The van der Waals surface area contributed by atoms with E-state index in [4.69, 9.17) is 14.2 Å². The Morgan fingerprint density at radius 2 is 1.33 bits per heavy atom. The first-order valence-electron chi connectivity index (χ1n) is 17.9. The maximum atomic E-state index is 13.1. The number of hydrogen-bond donors (Lipinski definition) is 5. The van der Waals surface area contributed by atoms with Gasteiger partial charge in [0.05, 0.1) is 0 Å². The summed E-state index contributed by atoms with van der Waals surface area (Å²) in [5.41, 5.74) is -4.75. The number of ether oxygens (including phenoxy) is 3. The Balaban J connectivity index is 1.43. The van der Waals surface area contributed by atoms with Crippen LogP contribution in [-0.2, 0) is 46.2 Å². The van der Waals surface area contributed by atoms with Crippen LogP contribution in [0.3, 0.4) is 0 Å². The second kappa shape index (κ2) is 17.9. The SMILES string of the molecule is CC(/C=C\CCC12OC(C(=O)O)C(O)(C(=O)O)C(C(=O)O)(O1)C(OC(=O)CC/C=C/C(C)CCCc1ccccc1)C2O)CCCc1ccccc1. The number of aryl methyl sites for hydroxylation is 2. The Bertz CT molecular complexity index is 1580. The second-order valence-electron chi connectivity index (χ2n) is 13.9. The van der Waals surface area contributed by atoms with Gasteiger partial charge in [0.2, 0.25) is 23.1 Å². The summed E-state index contributed by atoms with van der Waals surface area (Å²) in [7, 11) is 0. The number of fused-ring (bicyclic) bond motifs is 2. The lowest BCUT2D eigenvalue weighted by molar-refractivity contribution is -0.373. The molecule has 0 spiro atoms. The molecular formula is C40H50O12. The predicted molar refractivity (Wildman–Crippen MR) is 189 cm³/mol. The van der Waals surface area contributed by atoms with Gasteiger partial charge in [-0.1, -0.05) is 98.8 Å². The van der Waals surface area contributed by atoms with Gasteiger partial charge in [-0.2, -0.15) is 0 Å². The van der Waals surface area contributed by atoms with Crippen molar-refractivity contribution in [3.8, 4) is 0 Å². The van der Waals surface area contributed by atoms with E-state index >= 15 is 0 Å². The summed E-state index contributed by atoms with van der Waals surface area (Å²) < 4.78 is 16.6. The van der Waals surface area contributed by atoms with Crippen LogP contribution in [0, 0.1) is 11.8 Å². The standard InChI is InChI=1S/C40H50O12/c1-27(17-13-23-29-19-5-3-6-20-29)15-9-10-25-31(41)50-33-32(42)38(26-12-11-16-28(2)18-14-24-30-21-7-4-8-22-30)51-34(35(43)44)39(49,36(45)46)40(33,52-38)37(47)48/h3-9,11,15-16,19-22,27-28,32-34,42,49H,10,12-14,17-18,23-26H2,1-2H3,(H,43,44)(H,45,46)(H,47,48)/b15-9+,16-11-. The topological polar surface area (TPSA) is 197 Å². The molecule has 12 nitrogen and oxygen atoms in total. The molecule has 52 heavy (non-hydrogen) atoms. The third kappa shape index (κ3) is 8.98. The molecule has 0 aliphatic carbocycles. The highest BCUT2D eigenvalue weighted by molar-refractivity contribution is 5.98. The smallest absolute Gasteiger partial charge is 0.344 e. The number of carbonyl (C=O) groups excluding carboxylic acids is 1. The fourth-order valence-corrected chi connectivity index (χ4v) is 7.03. The van der Waals surface area contributed by atoms with E-state index < -0.39 is 59.2 Å². The molecule has 8 atom stereocenters. The van der Waals surface area contributed by atoms with Crippen molar-refractivity contribution >= 4 is 23.9 Å². The number of aliphatic carboxylic acids is 3. The number of benzene rings is 2. The number of allylic oxidation sites excluding steroid dienone is 4. The average Bonchev–Trinajstić information content (AvgIpc) is 3.32. The minimum absolute atomic E-state index is 0.0859. The molecule has 2 aromatic rings. The number of esters is 1.